The molecule has 48 heavy (non-hydrogen) atoms. The van der Waals surface area contributed by atoms with Crippen LogP contribution in [0.2, 0.25) is 18.1 Å². The minimum absolute atomic E-state index is 0.0157. The lowest BCUT2D eigenvalue weighted by Gasteiger charge is -2.40. The monoisotopic (exact) mass is 688 g/mol. The Balaban J connectivity index is 1.48. The molecule has 0 unspecified atom stereocenters. The number of sulfonamides is 1. The van der Waals surface area contributed by atoms with Crippen molar-refractivity contribution in [3.8, 4) is 5.75 Å². The van der Waals surface area contributed by atoms with Crippen LogP contribution < -0.4 is 14.8 Å². The maximum atomic E-state index is 12.7. The molecule has 258 valence electrons. The first kappa shape index (κ1) is 37.5. The summed E-state index contributed by atoms with van der Waals surface area (Å²) in [6, 6.07) is 32.4. The first-order valence-electron chi connectivity index (χ1n) is 16.5. The number of ether oxygens (including phenoxy) is 1. The van der Waals surface area contributed by atoms with Crippen LogP contribution in [0.25, 0.3) is 0 Å². The Kier molecular flexibility index (Phi) is 12.4. The molecule has 1 atom stereocenters. The summed E-state index contributed by atoms with van der Waals surface area (Å²) in [5.74, 6) is 0.662. The first-order valence-corrected chi connectivity index (χ1v) is 20.9. The van der Waals surface area contributed by atoms with Crippen LogP contribution in [0.3, 0.4) is 0 Å². The van der Waals surface area contributed by atoms with E-state index >= 15 is 0 Å². The van der Waals surface area contributed by atoms with Crippen molar-refractivity contribution in [2.45, 2.75) is 95.5 Å². The Bertz CT molecular complexity index is 1720. The van der Waals surface area contributed by atoms with Gasteiger partial charge in [-0.2, -0.15) is 0 Å². The minimum atomic E-state index is -3.60. The van der Waals surface area contributed by atoms with Crippen molar-refractivity contribution in [3.63, 3.8) is 0 Å². The summed E-state index contributed by atoms with van der Waals surface area (Å²) in [5.41, 5.74) is 4.49. The van der Waals surface area contributed by atoms with Crippen LogP contribution >= 0.6 is 0 Å². The molecule has 0 amide bonds. The molecule has 0 aromatic heterocycles. The molecule has 0 aliphatic rings. The zero-order valence-corrected chi connectivity index (χ0v) is 31.2. The van der Waals surface area contributed by atoms with Crippen molar-refractivity contribution in [2.75, 3.05) is 6.54 Å². The van der Waals surface area contributed by atoms with Gasteiger partial charge in [-0.05, 0) is 84.9 Å². The molecule has 4 aromatic carbocycles. The molecular weight excluding hydrogens is 637 g/mol. The standard InChI is InChI=1S/C39H52N2O5SSi/c1-38(2,3)48(6,7)46-37(33-21-22-36(34(24-33)28-42)45-29-30-15-10-8-11-16-30)27-40-39(4,5)25-31-17-14-18-32(23-31)26-41-47(43,44)35-19-12-9-13-20-35/h8-24,37,40-42H,25-29H2,1-7H3/t37-/m0/s1. The van der Waals surface area contributed by atoms with E-state index < -0.39 is 18.3 Å². The lowest BCUT2D eigenvalue weighted by atomic mass is 9.93. The normalized spacial score (nSPS) is 13.3. The van der Waals surface area contributed by atoms with Crippen LogP contribution in [0.1, 0.15) is 68.5 Å². The average Bonchev–Trinajstić information content (AvgIpc) is 3.05. The molecule has 9 heteroatoms. The largest absolute Gasteiger partial charge is 0.489 e. The zero-order chi connectivity index (χ0) is 35.0. The SMILES string of the molecule is CC(C)(Cc1cccc(CNS(=O)(=O)c2ccccc2)c1)NC[C@H](O[Si](C)(C)C(C)(C)C)c1ccc(OCc2ccccc2)c(CO)c1. The van der Waals surface area contributed by atoms with E-state index in [0.717, 1.165) is 34.2 Å². The lowest BCUT2D eigenvalue weighted by molar-refractivity contribution is 0.166. The van der Waals surface area contributed by atoms with Crippen molar-refractivity contribution in [1.82, 2.24) is 10.0 Å². The highest BCUT2D eigenvalue weighted by molar-refractivity contribution is 7.89. The molecule has 3 N–H and O–H groups in total. The minimum Gasteiger partial charge on any atom is -0.489 e. The van der Waals surface area contributed by atoms with Crippen LogP contribution in [0, 0.1) is 0 Å². The Morgan fingerprint density at radius 1 is 0.792 bits per heavy atom. The van der Waals surface area contributed by atoms with E-state index in [1.54, 1.807) is 30.3 Å². The Morgan fingerprint density at radius 2 is 1.42 bits per heavy atom. The molecule has 7 nitrogen and oxygen atoms in total. The van der Waals surface area contributed by atoms with Gasteiger partial charge >= 0.3 is 0 Å². The van der Waals surface area contributed by atoms with Gasteiger partial charge in [-0.25, -0.2) is 13.1 Å². The summed E-state index contributed by atoms with van der Waals surface area (Å²) in [6.07, 6.45) is 0.491. The Morgan fingerprint density at radius 3 is 2.06 bits per heavy atom. The van der Waals surface area contributed by atoms with E-state index in [1.165, 1.54) is 0 Å². The van der Waals surface area contributed by atoms with Crippen molar-refractivity contribution >= 4 is 18.3 Å². The predicted octanol–water partition coefficient (Wildman–Crippen LogP) is 7.91. The highest BCUT2D eigenvalue weighted by Crippen LogP contribution is 2.40. The smallest absolute Gasteiger partial charge is 0.240 e. The number of benzene rings is 4. The van der Waals surface area contributed by atoms with E-state index in [4.69, 9.17) is 9.16 Å². The van der Waals surface area contributed by atoms with Crippen molar-refractivity contribution < 1.29 is 22.7 Å². The molecule has 0 aliphatic heterocycles. The summed E-state index contributed by atoms with van der Waals surface area (Å²) in [7, 11) is -5.77. The molecule has 0 bridgehead atoms. The van der Waals surface area contributed by atoms with Crippen LogP contribution in [-0.4, -0.2) is 33.9 Å². The fraction of sp³-hybridized carbons (Fsp3) is 0.385. The molecular formula is C39H52N2O5SSi. The topological polar surface area (TPSA) is 96.9 Å². The molecule has 4 aromatic rings. The van der Waals surface area contributed by atoms with Gasteiger partial charge in [0.1, 0.15) is 12.4 Å². The van der Waals surface area contributed by atoms with Gasteiger partial charge in [0.2, 0.25) is 10.0 Å². The second kappa shape index (κ2) is 15.9. The van der Waals surface area contributed by atoms with Crippen LogP contribution in [-0.2, 0) is 40.6 Å². The number of hydrogen-bond donors (Lipinski definition) is 3. The second-order valence-corrected chi connectivity index (χ2v) is 21.1. The van der Waals surface area contributed by atoms with E-state index in [1.807, 2.05) is 60.7 Å². The highest BCUT2D eigenvalue weighted by atomic mass is 32.2. The number of aliphatic hydroxyl groups excluding tert-OH is 1. The lowest BCUT2D eigenvalue weighted by Crippen LogP contribution is -2.47. The van der Waals surface area contributed by atoms with Gasteiger partial charge in [0, 0.05) is 24.2 Å². The van der Waals surface area contributed by atoms with Gasteiger partial charge in [0.05, 0.1) is 17.6 Å². The molecule has 0 spiro atoms. The van der Waals surface area contributed by atoms with Crippen molar-refractivity contribution in [3.05, 3.63) is 131 Å². The number of nitrogens with one attached hydrogen (secondary N) is 2. The molecule has 0 heterocycles. The number of aliphatic hydroxyl groups is 1. The van der Waals surface area contributed by atoms with Gasteiger partial charge in [0.25, 0.3) is 0 Å². The molecule has 0 aliphatic carbocycles. The molecule has 0 fully saturated rings. The molecule has 0 saturated carbocycles. The van der Waals surface area contributed by atoms with Crippen molar-refractivity contribution in [1.29, 1.82) is 0 Å². The van der Waals surface area contributed by atoms with E-state index in [-0.39, 0.29) is 34.7 Å². The van der Waals surface area contributed by atoms with Crippen LogP contribution in [0.15, 0.2) is 108 Å². The highest BCUT2D eigenvalue weighted by Gasteiger charge is 2.40. The van der Waals surface area contributed by atoms with Gasteiger partial charge in [0.15, 0.2) is 8.32 Å². The third-order valence-corrected chi connectivity index (χ3v) is 14.9. The molecule has 0 radical (unpaired) electrons. The Labute approximate surface area is 288 Å². The summed E-state index contributed by atoms with van der Waals surface area (Å²) in [4.78, 5) is 0.251. The van der Waals surface area contributed by atoms with E-state index in [9.17, 15) is 13.5 Å². The fourth-order valence-corrected chi connectivity index (χ4v) is 7.54. The fourth-order valence-electron chi connectivity index (χ4n) is 5.21. The van der Waals surface area contributed by atoms with Gasteiger partial charge < -0.3 is 19.6 Å². The van der Waals surface area contributed by atoms with Gasteiger partial charge in [-0.15, -0.1) is 0 Å². The summed E-state index contributed by atoms with van der Waals surface area (Å²) in [6.45, 7) is 16.6. The second-order valence-electron chi connectivity index (χ2n) is 14.6. The first-order chi connectivity index (χ1) is 22.6. The number of hydrogen-bond acceptors (Lipinski definition) is 6. The van der Waals surface area contributed by atoms with Gasteiger partial charge in [-0.3, -0.25) is 0 Å². The van der Waals surface area contributed by atoms with Crippen molar-refractivity contribution in [2.24, 2.45) is 0 Å². The maximum absolute atomic E-state index is 12.7. The quantitative estimate of drug-likeness (QED) is 0.104. The predicted molar refractivity (Wildman–Crippen MR) is 197 cm³/mol. The van der Waals surface area contributed by atoms with Crippen LogP contribution in [0.4, 0.5) is 0 Å². The Hall–Kier alpha value is -3.31. The van der Waals surface area contributed by atoms with E-state index in [2.05, 4.69) is 69.9 Å². The van der Waals surface area contributed by atoms with Crippen LogP contribution in [0.5, 0.6) is 5.75 Å². The van der Waals surface area contributed by atoms with E-state index in [0.29, 0.717) is 18.9 Å². The molecule has 0 saturated heterocycles. The number of rotatable bonds is 16. The summed E-state index contributed by atoms with van der Waals surface area (Å²) in [5, 5.41) is 14.1. The third-order valence-electron chi connectivity index (χ3n) is 9.03. The average molecular weight is 689 g/mol. The summed E-state index contributed by atoms with van der Waals surface area (Å²) >= 11 is 0. The zero-order valence-electron chi connectivity index (χ0n) is 29.4. The van der Waals surface area contributed by atoms with Gasteiger partial charge in [-0.1, -0.05) is 99.6 Å². The third kappa shape index (κ3) is 10.6. The summed E-state index contributed by atoms with van der Waals surface area (Å²) < 4.78 is 41.3. The molecule has 4 rings (SSSR count). The maximum Gasteiger partial charge on any atom is 0.240 e.